The normalized spacial score (nSPS) is 16.6. The molecule has 3 heterocycles. The second-order valence-corrected chi connectivity index (χ2v) is 8.24. The summed E-state index contributed by atoms with van der Waals surface area (Å²) in [7, 11) is 1.68. The van der Waals surface area contributed by atoms with Crippen LogP contribution in [0.3, 0.4) is 0 Å². The van der Waals surface area contributed by atoms with Crippen LogP contribution in [0.4, 0.5) is 11.5 Å². The number of methoxy groups -OCH3 is 1. The molecule has 0 saturated carbocycles. The highest BCUT2D eigenvalue weighted by atomic mass is 16.5. The van der Waals surface area contributed by atoms with E-state index in [4.69, 9.17) is 4.74 Å². The van der Waals surface area contributed by atoms with E-state index in [9.17, 15) is 4.79 Å². The average Bonchev–Trinajstić information content (AvgIpc) is 2.84. The number of rotatable bonds is 5. The van der Waals surface area contributed by atoms with Crippen molar-refractivity contribution in [1.82, 2.24) is 14.9 Å². The number of amides is 1. The van der Waals surface area contributed by atoms with E-state index in [2.05, 4.69) is 25.8 Å². The van der Waals surface area contributed by atoms with E-state index in [0.717, 1.165) is 54.7 Å². The zero-order chi connectivity index (χ0) is 21.9. The Bertz CT molecular complexity index is 1080. The van der Waals surface area contributed by atoms with Gasteiger partial charge in [0.05, 0.1) is 18.7 Å². The highest BCUT2D eigenvalue weighted by Crippen LogP contribution is 2.28. The third kappa shape index (κ3) is 4.10. The molecular weight excluding hydrogens is 402 g/mol. The van der Waals surface area contributed by atoms with Gasteiger partial charge in [-0.25, -0.2) is 9.97 Å². The summed E-state index contributed by atoms with van der Waals surface area (Å²) in [5.74, 6) is 2.03. The number of nitrogens with zero attached hydrogens (tertiary/aromatic N) is 5. The van der Waals surface area contributed by atoms with Gasteiger partial charge in [-0.1, -0.05) is 36.4 Å². The molecule has 2 saturated heterocycles. The molecule has 7 nitrogen and oxygen atoms in total. The Morgan fingerprint density at radius 1 is 0.906 bits per heavy atom. The smallest absolute Gasteiger partial charge is 0.229 e. The molecule has 2 aliphatic rings. The summed E-state index contributed by atoms with van der Waals surface area (Å²) in [6.07, 6.45) is 1.60. The standard InChI is InChI=1S/C25H27N5O2/c1-32-22-9-5-8-21(14-22)28-10-12-29(13-11-28)25(31)20-16-30(17-20)24-15-23(26-18-27-24)19-6-3-2-4-7-19/h2-9,14-15,18,20H,10-13,16-17H2,1H3. The summed E-state index contributed by atoms with van der Waals surface area (Å²) >= 11 is 0. The summed E-state index contributed by atoms with van der Waals surface area (Å²) < 4.78 is 5.33. The Labute approximate surface area is 188 Å². The summed E-state index contributed by atoms with van der Waals surface area (Å²) in [5, 5.41) is 0. The van der Waals surface area contributed by atoms with Crippen LogP contribution in [0.1, 0.15) is 0 Å². The van der Waals surface area contributed by atoms with Crippen molar-refractivity contribution >= 4 is 17.4 Å². The average molecular weight is 430 g/mol. The van der Waals surface area contributed by atoms with Crippen LogP contribution in [0, 0.1) is 5.92 Å². The lowest BCUT2D eigenvalue weighted by atomic mass is 9.97. The van der Waals surface area contributed by atoms with Crippen LogP contribution in [0.5, 0.6) is 5.75 Å². The van der Waals surface area contributed by atoms with Gasteiger partial charge in [0.25, 0.3) is 0 Å². The zero-order valence-corrected chi connectivity index (χ0v) is 18.2. The molecule has 5 rings (SSSR count). The van der Waals surface area contributed by atoms with Gasteiger partial charge in [-0.15, -0.1) is 0 Å². The van der Waals surface area contributed by atoms with Gasteiger partial charge in [-0.3, -0.25) is 4.79 Å². The minimum absolute atomic E-state index is 0.0357. The molecule has 0 spiro atoms. The summed E-state index contributed by atoms with van der Waals surface area (Å²) in [6.45, 7) is 4.58. The molecule has 2 fully saturated rings. The summed E-state index contributed by atoms with van der Waals surface area (Å²) in [4.78, 5) is 28.3. The van der Waals surface area contributed by atoms with Crippen molar-refractivity contribution in [2.24, 2.45) is 5.92 Å². The third-order valence-corrected chi connectivity index (χ3v) is 6.29. The fourth-order valence-electron chi connectivity index (χ4n) is 4.36. The second-order valence-electron chi connectivity index (χ2n) is 8.24. The van der Waals surface area contributed by atoms with E-state index < -0.39 is 0 Å². The van der Waals surface area contributed by atoms with Crippen molar-refractivity contribution in [2.45, 2.75) is 0 Å². The fourth-order valence-corrected chi connectivity index (χ4v) is 4.36. The van der Waals surface area contributed by atoms with Crippen molar-refractivity contribution in [3.05, 3.63) is 67.0 Å². The van der Waals surface area contributed by atoms with Gasteiger partial charge in [0.2, 0.25) is 5.91 Å². The SMILES string of the molecule is COc1cccc(N2CCN(C(=O)C3CN(c4cc(-c5ccccc5)ncn4)C3)CC2)c1. The van der Waals surface area contributed by atoms with Gasteiger partial charge in [-0.2, -0.15) is 0 Å². The monoisotopic (exact) mass is 429 g/mol. The maximum absolute atomic E-state index is 13.0. The zero-order valence-electron chi connectivity index (χ0n) is 18.2. The van der Waals surface area contributed by atoms with Gasteiger partial charge >= 0.3 is 0 Å². The maximum Gasteiger partial charge on any atom is 0.229 e. The molecule has 1 aromatic heterocycles. The van der Waals surface area contributed by atoms with E-state index in [0.29, 0.717) is 13.1 Å². The van der Waals surface area contributed by atoms with E-state index in [1.165, 1.54) is 0 Å². The lowest BCUT2D eigenvalue weighted by Gasteiger charge is -2.43. The lowest BCUT2D eigenvalue weighted by Crippen LogP contribution is -2.58. The number of benzene rings is 2. The van der Waals surface area contributed by atoms with E-state index in [-0.39, 0.29) is 11.8 Å². The predicted molar refractivity (Wildman–Crippen MR) is 125 cm³/mol. The van der Waals surface area contributed by atoms with Crippen LogP contribution in [0.2, 0.25) is 0 Å². The highest BCUT2D eigenvalue weighted by molar-refractivity contribution is 5.82. The molecule has 2 aliphatic heterocycles. The molecule has 0 unspecified atom stereocenters. The van der Waals surface area contributed by atoms with Gasteiger partial charge in [-0.05, 0) is 12.1 Å². The van der Waals surface area contributed by atoms with Crippen LogP contribution in [0.15, 0.2) is 67.0 Å². The molecule has 2 aromatic carbocycles. The van der Waals surface area contributed by atoms with Crippen LogP contribution >= 0.6 is 0 Å². The van der Waals surface area contributed by atoms with E-state index in [1.807, 2.05) is 59.5 Å². The Morgan fingerprint density at radius 3 is 2.44 bits per heavy atom. The number of anilines is 2. The first kappa shape index (κ1) is 20.3. The molecule has 7 heteroatoms. The molecule has 1 amide bonds. The molecule has 32 heavy (non-hydrogen) atoms. The van der Waals surface area contributed by atoms with Gasteiger partial charge in [0.15, 0.2) is 0 Å². The Balaban J connectivity index is 1.15. The first-order chi connectivity index (χ1) is 15.7. The van der Waals surface area contributed by atoms with Crippen LogP contribution in [-0.2, 0) is 4.79 Å². The lowest BCUT2D eigenvalue weighted by molar-refractivity contribution is -0.136. The number of hydrogen-bond acceptors (Lipinski definition) is 6. The number of hydrogen-bond donors (Lipinski definition) is 0. The molecular formula is C25H27N5O2. The molecule has 0 bridgehead atoms. The van der Waals surface area contributed by atoms with Crippen molar-refractivity contribution in [2.75, 3.05) is 56.2 Å². The van der Waals surface area contributed by atoms with Crippen molar-refractivity contribution in [3.8, 4) is 17.0 Å². The Morgan fingerprint density at radius 2 is 1.69 bits per heavy atom. The molecule has 0 aliphatic carbocycles. The van der Waals surface area contributed by atoms with Crippen molar-refractivity contribution in [1.29, 1.82) is 0 Å². The minimum Gasteiger partial charge on any atom is -0.497 e. The predicted octanol–water partition coefficient (Wildman–Crippen LogP) is 2.94. The van der Waals surface area contributed by atoms with Gasteiger partial charge in [0, 0.05) is 62.7 Å². The second kappa shape index (κ2) is 8.86. The van der Waals surface area contributed by atoms with Gasteiger partial charge in [0.1, 0.15) is 17.9 Å². The van der Waals surface area contributed by atoms with Crippen LogP contribution in [-0.4, -0.2) is 67.2 Å². The van der Waals surface area contributed by atoms with E-state index >= 15 is 0 Å². The Kier molecular flexibility index (Phi) is 5.62. The highest BCUT2D eigenvalue weighted by Gasteiger charge is 2.37. The topological polar surface area (TPSA) is 61.8 Å². The quantitative estimate of drug-likeness (QED) is 0.622. The van der Waals surface area contributed by atoms with Crippen molar-refractivity contribution in [3.63, 3.8) is 0 Å². The molecule has 164 valence electrons. The van der Waals surface area contributed by atoms with Gasteiger partial charge < -0.3 is 19.4 Å². The largest absolute Gasteiger partial charge is 0.497 e. The molecule has 3 aromatic rings. The molecule has 0 atom stereocenters. The van der Waals surface area contributed by atoms with Crippen molar-refractivity contribution < 1.29 is 9.53 Å². The number of piperazine rings is 1. The third-order valence-electron chi connectivity index (χ3n) is 6.29. The first-order valence-corrected chi connectivity index (χ1v) is 11.0. The van der Waals surface area contributed by atoms with E-state index in [1.54, 1.807) is 13.4 Å². The number of carbonyl (C=O) groups is 1. The number of carbonyl (C=O) groups excluding carboxylic acids is 1. The number of ether oxygens (including phenoxy) is 1. The maximum atomic E-state index is 13.0. The van der Waals surface area contributed by atoms with Crippen LogP contribution < -0.4 is 14.5 Å². The molecule has 0 radical (unpaired) electrons. The first-order valence-electron chi connectivity index (χ1n) is 11.0. The van der Waals surface area contributed by atoms with Crippen LogP contribution in [0.25, 0.3) is 11.3 Å². The summed E-state index contributed by atoms with van der Waals surface area (Å²) in [5.41, 5.74) is 3.11. The fraction of sp³-hybridized carbons (Fsp3) is 0.320. The number of aromatic nitrogens is 2. The molecule has 0 N–H and O–H groups in total. The minimum atomic E-state index is 0.0357. The Hall–Kier alpha value is -3.61. The summed E-state index contributed by atoms with van der Waals surface area (Å²) in [6, 6.07) is 20.2.